The lowest BCUT2D eigenvalue weighted by molar-refractivity contribution is 0.589. The predicted molar refractivity (Wildman–Crippen MR) is 525 cm³/mol. The van der Waals surface area contributed by atoms with Crippen molar-refractivity contribution in [2.45, 2.75) is 131 Å². The fourth-order valence-electron chi connectivity index (χ4n) is 18.8. The van der Waals surface area contributed by atoms with Crippen LogP contribution >= 0.6 is 0 Å². The van der Waals surface area contributed by atoms with Crippen LogP contribution in [-0.2, 0) is 27.1 Å². The lowest BCUT2D eigenvalue weighted by Gasteiger charge is -2.47. The van der Waals surface area contributed by atoms with E-state index in [4.69, 9.17) is 0 Å². The van der Waals surface area contributed by atoms with Crippen LogP contribution < -0.4 is 46.9 Å². The van der Waals surface area contributed by atoms with Crippen molar-refractivity contribution in [1.82, 2.24) is 4.57 Å². The number of rotatable bonds is 13. The zero-order chi connectivity index (χ0) is 89.7. The van der Waals surface area contributed by atoms with Gasteiger partial charge in [0.05, 0.1) is 32.0 Å². The van der Waals surface area contributed by atoms with Gasteiger partial charge in [-0.2, -0.15) is 0 Å². The van der Waals surface area contributed by atoms with Gasteiger partial charge in [-0.15, -0.1) is 0 Å². The van der Waals surface area contributed by atoms with E-state index in [1.54, 1.807) is 4.57 Å². The lowest BCUT2D eigenvalue weighted by atomic mass is 9.33. The molecule has 0 bridgehead atoms. The third-order valence-corrected chi connectivity index (χ3v) is 30.1. The first-order valence-electron chi connectivity index (χ1n) is 46.2. The van der Waals surface area contributed by atoms with Gasteiger partial charge in [0, 0.05) is 61.5 Å². The van der Waals surface area contributed by atoms with Crippen molar-refractivity contribution in [1.29, 1.82) is 0 Å². The zero-order valence-corrected chi connectivity index (χ0v) is 73.1. The SMILES string of the molecule is [2H]c1c([2H])c([2H])c2c(c1[2H])c1c([2H])c(-c3ccccc3)c([2H])c([2H])c1n2-c1ccc2c(c1)N(c1c(-c3ccccc3)cc(C(C)(C)C)cc1-c1ccccc1)c1cc(C(C)(C)C)cc3c1B2c1cc(-c2ccc([Si](c4ccccc4)(c4ccccc4)c4ccccc4)cc2)ccc1N3c1c(-c2cccc(C(C)(C)C)c2)cc(C(C)(C)C)cc1-c1cccc(C(C)(C)C)c1. The second-order valence-electron chi connectivity index (χ2n) is 38.4. The monoisotopic (exact) mass is 1590 g/mol. The summed E-state index contributed by atoms with van der Waals surface area (Å²) in [6.07, 6.45) is 0. The molecular formula is C116H106BN3Si. The Morgan fingerprint density at radius 1 is 0.264 bits per heavy atom. The van der Waals surface area contributed by atoms with Gasteiger partial charge in [-0.05, 0) is 209 Å². The number of para-hydroxylation sites is 1. The average Bonchev–Trinajstić information content (AvgIpc) is 1.07. The molecule has 0 aliphatic carbocycles. The van der Waals surface area contributed by atoms with Gasteiger partial charge in [0.2, 0.25) is 0 Å². The molecule has 17 aromatic rings. The molecule has 0 radical (unpaired) electrons. The Kier molecular flexibility index (Phi) is 17.3. The molecule has 592 valence electrons. The molecule has 0 unspecified atom stereocenters. The Morgan fingerprint density at radius 2 is 0.653 bits per heavy atom. The van der Waals surface area contributed by atoms with Crippen molar-refractivity contribution in [2.75, 3.05) is 9.80 Å². The smallest absolute Gasteiger partial charge is 0.252 e. The molecule has 16 aromatic carbocycles. The number of aromatic nitrogens is 1. The normalized spacial score (nSPS) is 13.8. The molecule has 1 aromatic heterocycles. The van der Waals surface area contributed by atoms with E-state index in [1.807, 2.05) is 30.3 Å². The number of fused-ring (bicyclic) bond motifs is 7. The van der Waals surface area contributed by atoms with Crippen molar-refractivity contribution < 1.29 is 9.60 Å². The maximum atomic E-state index is 10.5. The predicted octanol–water partition coefficient (Wildman–Crippen LogP) is 26.7. The Labute approximate surface area is 728 Å². The first-order valence-corrected chi connectivity index (χ1v) is 44.7. The number of benzene rings is 16. The summed E-state index contributed by atoms with van der Waals surface area (Å²) in [6.45, 7) is 34.1. The minimum atomic E-state index is -2.99. The van der Waals surface area contributed by atoms with E-state index in [0.29, 0.717) is 11.3 Å². The third kappa shape index (κ3) is 13.8. The third-order valence-electron chi connectivity index (χ3n) is 25.3. The molecule has 0 saturated heterocycles. The van der Waals surface area contributed by atoms with Gasteiger partial charge in [0.15, 0.2) is 8.07 Å². The molecule has 2 aliphatic heterocycles. The quantitative estimate of drug-likeness (QED) is 0.0842. The van der Waals surface area contributed by atoms with Crippen LogP contribution in [0.25, 0.3) is 94.3 Å². The molecule has 19 rings (SSSR count). The molecule has 0 saturated carbocycles. The molecule has 3 heterocycles. The highest BCUT2D eigenvalue weighted by atomic mass is 28.3. The van der Waals surface area contributed by atoms with Crippen LogP contribution in [0.1, 0.15) is 141 Å². The fraction of sp³-hybridized carbons (Fsp3) is 0.172. The van der Waals surface area contributed by atoms with E-state index in [1.165, 1.54) is 37.4 Å². The molecular weight excluding hydrogens is 1470 g/mol. The van der Waals surface area contributed by atoms with Crippen LogP contribution in [0.2, 0.25) is 0 Å². The van der Waals surface area contributed by atoms with Crippen LogP contribution in [0.5, 0.6) is 0 Å². The molecule has 0 fully saturated rings. The standard InChI is InChI=1S/C116H106BN3Si/c1-112(2,3)85-46-36-44-83(66-85)98-72-88(115(10,11)12)73-99(84-45-37-47-86(67-84)113(4,5)6)111(98)119-105-65-59-82(78-56-61-94(62-57-78)121(91-48-28-19-29-49-91,92-50-30-20-31-51-92)93-52-32-21-33-53-93)69-102(105)117-101-63-60-90(118-103-55-35-34-54-95(103)100-68-81(58-64-104(100)118)77-38-22-16-23-39-77)76-106(101)120(108-75-89(116(13,14)15)74-107(119)109(108)117)110-96(79-40-24-17-25-41-79)70-87(114(7,8)9)71-97(110)80-42-26-18-27-43-80/h16-76H,1-15H3/i34D,35D,54D,55D,58D,64D,68D. The summed E-state index contributed by atoms with van der Waals surface area (Å²) in [6, 6.07) is 119. The maximum Gasteiger partial charge on any atom is 0.252 e. The largest absolute Gasteiger partial charge is 0.310 e. The van der Waals surface area contributed by atoms with E-state index in [0.717, 1.165) is 117 Å². The second kappa shape index (κ2) is 29.9. The molecule has 0 amide bonds. The Morgan fingerprint density at radius 3 is 1.12 bits per heavy atom. The van der Waals surface area contributed by atoms with E-state index >= 15 is 0 Å². The Bertz CT molecular complexity index is 7030. The summed E-state index contributed by atoms with van der Waals surface area (Å²) in [7, 11) is -2.99. The summed E-state index contributed by atoms with van der Waals surface area (Å²) in [5.74, 6) is 0. The average molecular weight is 1590 g/mol. The number of hydrogen-bond donors (Lipinski definition) is 0. The summed E-state index contributed by atoms with van der Waals surface area (Å²) < 4.78 is 71.8. The summed E-state index contributed by atoms with van der Waals surface area (Å²) >= 11 is 0. The lowest BCUT2D eigenvalue weighted by Crippen LogP contribution is -2.74. The van der Waals surface area contributed by atoms with Crippen LogP contribution in [-0.4, -0.2) is 19.4 Å². The van der Waals surface area contributed by atoms with E-state index in [-0.39, 0.29) is 79.2 Å². The maximum absolute atomic E-state index is 10.5. The molecule has 0 N–H and O–H groups in total. The highest BCUT2D eigenvalue weighted by Gasteiger charge is 2.48. The zero-order valence-electron chi connectivity index (χ0n) is 79.1. The van der Waals surface area contributed by atoms with Crippen molar-refractivity contribution in [3.05, 3.63) is 398 Å². The van der Waals surface area contributed by atoms with Crippen LogP contribution in [0.3, 0.4) is 0 Å². The first-order chi connectivity index (χ1) is 61.1. The molecule has 3 nitrogen and oxygen atoms in total. The van der Waals surface area contributed by atoms with Crippen LogP contribution in [0, 0.1) is 0 Å². The van der Waals surface area contributed by atoms with Crippen LogP contribution in [0.15, 0.2) is 370 Å². The Balaban J connectivity index is 0.998. The highest BCUT2D eigenvalue weighted by molar-refractivity contribution is 7.20. The summed E-state index contributed by atoms with van der Waals surface area (Å²) in [5.41, 5.74) is 25.1. The molecule has 2 aliphatic rings. The minimum absolute atomic E-state index is 0.0994. The minimum Gasteiger partial charge on any atom is -0.310 e. The van der Waals surface area contributed by atoms with Gasteiger partial charge in [-0.25, -0.2) is 0 Å². The highest BCUT2D eigenvalue weighted by Crippen LogP contribution is 2.56. The van der Waals surface area contributed by atoms with Crippen molar-refractivity contribution in [2.24, 2.45) is 0 Å². The summed E-state index contributed by atoms with van der Waals surface area (Å²) in [4.78, 5) is 5.19. The van der Waals surface area contributed by atoms with E-state index < -0.39 is 32.3 Å². The van der Waals surface area contributed by atoms with Gasteiger partial charge in [0.25, 0.3) is 6.71 Å². The number of anilines is 6. The topological polar surface area (TPSA) is 11.4 Å². The van der Waals surface area contributed by atoms with E-state index in [9.17, 15) is 9.60 Å². The van der Waals surface area contributed by atoms with Crippen LogP contribution in [0.4, 0.5) is 34.1 Å². The molecule has 5 heteroatoms. The van der Waals surface area contributed by atoms with Gasteiger partial charge >= 0.3 is 0 Å². The van der Waals surface area contributed by atoms with Crippen molar-refractivity contribution in [3.8, 4) is 72.4 Å². The first kappa shape index (κ1) is 70.1. The van der Waals surface area contributed by atoms with E-state index in [2.05, 4.69) is 411 Å². The molecule has 0 spiro atoms. The number of nitrogens with zero attached hydrogens (tertiary/aromatic N) is 3. The van der Waals surface area contributed by atoms with Crippen molar-refractivity contribution >= 4 is 108 Å². The number of hydrogen-bond acceptors (Lipinski definition) is 2. The van der Waals surface area contributed by atoms with Gasteiger partial charge in [-0.3, -0.25) is 0 Å². The van der Waals surface area contributed by atoms with Gasteiger partial charge in [0.1, 0.15) is 0 Å². The van der Waals surface area contributed by atoms with Crippen molar-refractivity contribution in [3.63, 3.8) is 0 Å². The second-order valence-corrected chi connectivity index (χ2v) is 42.2. The van der Waals surface area contributed by atoms with Gasteiger partial charge in [-0.1, -0.05) is 401 Å². The fourth-order valence-corrected chi connectivity index (χ4v) is 23.5. The Hall–Kier alpha value is -12.8. The molecule has 0 atom stereocenters. The van der Waals surface area contributed by atoms with Gasteiger partial charge < -0.3 is 14.4 Å². The summed E-state index contributed by atoms with van der Waals surface area (Å²) in [5, 5.41) is 5.41. The molecule has 121 heavy (non-hydrogen) atoms.